The SMILES string of the molecule is Nc1cc(C#CCCl)cnc1C(=O)O. The minimum Gasteiger partial charge on any atom is -0.476 e. The molecular weight excluding hydrogens is 204 g/mol. The van der Waals surface area contributed by atoms with Crippen LogP contribution in [-0.2, 0) is 0 Å². The van der Waals surface area contributed by atoms with Gasteiger partial charge in [0, 0.05) is 11.8 Å². The summed E-state index contributed by atoms with van der Waals surface area (Å²) < 4.78 is 0. The Bertz CT molecular complexity index is 421. The van der Waals surface area contributed by atoms with E-state index in [1.165, 1.54) is 12.3 Å². The molecule has 0 aliphatic rings. The third-order valence-electron chi connectivity index (χ3n) is 1.42. The zero-order valence-electron chi connectivity index (χ0n) is 7.12. The number of nitrogens with two attached hydrogens (primary N) is 1. The zero-order valence-corrected chi connectivity index (χ0v) is 7.88. The summed E-state index contributed by atoms with van der Waals surface area (Å²) in [6, 6.07) is 1.45. The molecule has 0 spiro atoms. The second-order valence-electron chi connectivity index (χ2n) is 2.40. The molecule has 0 aliphatic heterocycles. The summed E-state index contributed by atoms with van der Waals surface area (Å²) in [5, 5.41) is 8.63. The summed E-state index contributed by atoms with van der Waals surface area (Å²) in [5.41, 5.74) is 5.93. The zero-order chi connectivity index (χ0) is 10.6. The highest BCUT2D eigenvalue weighted by Crippen LogP contribution is 2.09. The summed E-state index contributed by atoms with van der Waals surface area (Å²) in [4.78, 5) is 14.2. The van der Waals surface area contributed by atoms with Crippen molar-refractivity contribution in [2.75, 3.05) is 11.6 Å². The lowest BCUT2D eigenvalue weighted by Gasteiger charge is -1.98. The van der Waals surface area contributed by atoms with Gasteiger partial charge in [-0.1, -0.05) is 11.8 Å². The number of aromatic carboxylic acids is 1. The van der Waals surface area contributed by atoms with E-state index in [-0.39, 0.29) is 17.3 Å². The van der Waals surface area contributed by atoms with Crippen LogP contribution in [0.5, 0.6) is 0 Å². The Labute approximate surface area is 85.7 Å². The molecule has 0 aromatic carbocycles. The van der Waals surface area contributed by atoms with E-state index in [0.717, 1.165) is 0 Å². The van der Waals surface area contributed by atoms with Crippen molar-refractivity contribution in [1.29, 1.82) is 0 Å². The molecule has 0 aliphatic carbocycles. The minimum absolute atomic E-state index is 0.0962. The van der Waals surface area contributed by atoms with Gasteiger partial charge in [-0.05, 0) is 6.07 Å². The van der Waals surface area contributed by atoms with Crippen molar-refractivity contribution in [2.24, 2.45) is 0 Å². The molecule has 0 saturated carbocycles. The second-order valence-corrected chi connectivity index (χ2v) is 2.67. The van der Waals surface area contributed by atoms with Crippen LogP contribution in [0.3, 0.4) is 0 Å². The number of hydrogen-bond acceptors (Lipinski definition) is 3. The third-order valence-corrected chi connectivity index (χ3v) is 1.55. The molecule has 0 radical (unpaired) electrons. The molecule has 1 aromatic heterocycles. The molecule has 0 fully saturated rings. The lowest BCUT2D eigenvalue weighted by atomic mass is 10.2. The summed E-state index contributed by atoms with van der Waals surface area (Å²) >= 11 is 5.35. The molecular formula is C9H7ClN2O2. The van der Waals surface area contributed by atoms with Crippen LogP contribution in [0.2, 0.25) is 0 Å². The van der Waals surface area contributed by atoms with Gasteiger partial charge < -0.3 is 10.8 Å². The molecule has 14 heavy (non-hydrogen) atoms. The molecule has 0 atom stereocenters. The molecule has 0 unspecified atom stereocenters. The fourth-order valence-electron chi connectivity index (χ4n) is 0.864. The molecule has 0 saturated heterocycles. The predicted molar refractivity (Wildman–Crippen MR) is 53.2 cm³/mol. The fraction of sp³-hybridized carbons (Fsp3) is 0.111. The van der Waals surface area contributed by atoms with E-state index in [1.807, 2.05) is 0 Å². The number of halogens is 1. The predicted octanol–water partition coefficient (Wildman–Crippen LogP) is 0.952. The summed E-state index contributed by atoms with van der Waals surface area (Å²) in [6.45, 7) is 0. The van der Waals surface area contributed by atoms with Crippen molar-refractivity contribution < 1.29 is 9.90 Å². The molecule has 1 aromatic rings. The van der Waals surface area contributed by atoms with Gasteiger partial charge in [0.15, 0.2) is 5.69 Å². The number of alkyl halides is 1. The normalized spacial score (nSPS) is 8.93. The first-order chi connectivity index (χ1) is 6.65. The number of carbonyl (C=O) groups is 1. The summed E-state index contributed by atoms with van der Waals surface area (Å²) in [7, 11) is 0. The number of pyridine rings is 1. The Balaban J connectivity index is 3.06. The fourth-order valence-corrected chi connectivity index (χ4v) is 0.931. The van der Waals surface area contributed by atoms with Gasteiger partial charge in [0.1, 0.15) is 0 Å². The van der Waals surface area contributed by atoms with Crippen LogP contribution in [0, 0.1) is 11.8 Å². The molecule has 1 heterocycles. The molecule has 1 rings (SSSR count). The third kappa shape index (κ3) is 2.38. The monoisotopic (exact) mass is 210 g/mol. The van der Waals surface area contributed by atoms with Crippen molar-refractivity contribution in [3.63, 3.8) is 0 Å². The number of aromatic nitrogens is 1. The van der Waals surface area contributed by atoms with E-state index in [0.29, 0.717) is 5.56 Å². The van der Waals surface area contributed by atoms with Crippen molar-refractivity contribution in [1.82, 2.24) is 4.98 Å². The van der Waals surface area contributed by atoms with Gasteiger partial charge in [-0.2, -0.15) is 0 Å². The number of carboxylic acid groups (broad SMARTS) is 1. The van der Waals surface area contributed by atoms with Crippen LogP contribution in [0.25, 0.3) is 0 Å². The smallest absolute Gasteiger partial charge is 0.356 e. The van der Waals surface area contributed by atoms with Crippen molar-refractivity contribution in [3.05, 3.63) is 23.5 Å². The number of nitrogen functional groups attached to an aromatic ring is 1. The Hall–Kier alpha value is -1.73. The maximum atomic E-state index is 10.5. The molecule has 4 nitrogen and oxygen atoms in total. The number of hydrogen-bond donors (Lipinski definition) is 2. The van der Waals surface area contributed by atoms with Gasteiger partial charge in [-0.15, -0.1) is 11.6 Å². The maximum Gasteiger partial charge on any atom is 0.356 e. The van der Waals surface area contributed by atoms with Crippen molar-refractivity contribution in [3.8, 4) is 11.8 Å². The first kappa shape index (κ1) is 10.4. The highest BCUT2D eigenvalue weighted by atomic mass is 35.5. The Morgan fingerprint density at radius 1 is 1.71 bits per heavy atom. The number of anilines is 1. The van der Waals surface area contributed by atoms with Crippen LogP contribution < -0.4 is 5.73 Å². The highest BCUT2D eigenvalue weighted by Gasteiger charge is 2.08. The average molecular weight is 211 g/mol. The second kappa shape index (κ2) is 4.49. The summed E-state index contributed by atoms with van der Waals surface area (Å²) in [6.07, 6.45) is 1.35. The number of rotatable bonds is 1. The standard InChI is InChI=1S/C9H7ClN2O2/c10-3-1-2-6-4-7(11)8(9(13)14)12-5-6/h4-5H,3,11H2,(H,13,14). The lowest BCUT2D eigenvalue weighted by Crippen LogP contribution is -2.05. The summed E-state index contributed by atoms with van der Waals surface area (Å²) in [5.74, 6) is 4.35. The first-order valence-corrected chi connectivity index (χ1v) is 4.22. The van der Waals surface area contributed by atoms with Crippen LogP contribution in [-0.4, -0.2) is 21.9 Å². The van der Waals surface area contributed by atoms with Gasteiger partial charge in [0.25, 0.3) is 0 Å². The van der Waals surface area contributed by atoms with Gasteiger partial charge in [-0.25, -0.2) is 9.78 Å². The van der Waals surface area contributed by atoms with Crippen molar-refractivity contribution in [2.45, 2.75) is 0 Å². The van der Waals surface area contributed by atoms with Gasteiger partial charge in [0.2, 0.25) is 0 Å². The van der Waals surface area contributed by atoms with Crippen molar-refractivity contribution >= 4 is 23.3 Å². The Morgan fingerprint density at radius 2 is 2.43 bits per heavy atom. The van der Waals surface area contributed by atoms with Crippen LogP contribution >= 0.6 is 11.6 Å². The molecule has 0 bridgehead atoms. The molecule has 72 valence electrons. The topological polar surface area (TPSA) is 76.2 Å². The Morgan fingerprint density at radius 3 is 2.93 bits per heavy atom. The van der Waals surface area contributed by atoms with E-state index in [2.05, 4.69) is 16.8 Å². The van der Waals surface area contributed by atoms with E-state index in [1.54, 1.807) is 0 Å². The first-order valence-electron chi connectivity index (χ1n) is 3.69. The molecule has 0 amide bonds. The quantitative estimate of drug-likeness (QED) is 0.535. The number of nitrogens with zero attached hydrogens (tertiary/aromatic N) is 1. The minimum atomic E-state index is -1.15. The van der Waals surface area contributed by atoms with Crippen LogP contribution in [0.15, 0.2) is 12.3 Å². The average Bonchev–Trinajstić information content (AvgIpc) is 2.14. The Kier molecular flexibility index (Phi) is 3.32. The number of carboxylic acids is 1. The largest absolute Gasteiger partial charge is 0.476 e. The molecule has 3 N–H and O–H groups in total. The van der Waals surface area contributed by atoms with E-state index in [9.17, 15) is 4.79 Å². The highest BCUT2D eigenvalue weighted by molar-refractivity contribution is 6.19. The maximum absolute atomic E-state index is 10.5. The van der Waals surface area contributed by atoms with E-state index < -0.39 is 5.97 Å². The van der Waals surface area contributed by atoms with Crippen LogP contribution in [0.1, 0.15) is 16.1 Å². The van der Waals surface area contributed by atoms with E-state index >= 15 is 0 Å². The van der Waals surface area contributed by atoms with Crippen LogP contribution in [0.4, 0.5) is 5.69 Å². The van der Waals surface area contributed by atoms with Gasteiger partial charge in [-0.3, -0.25) is 0 Å². The lowest BCUT2D eigenvalue weighted by molar-refractivity contribution is 0.0692. The van der Waals surface area contributed by atoms with Gasteiger partial charge in [0.05, 0.1) is 11.6 Å². The van der Waals surface area contributed by atoms with Gasteiger partial charge >= 0.3 is 5.97 Å². The molecule has 5 heteroatoms. The van der Waals surface area contributed by atoms with E-state index in [4.69, 9.17) is 22.4 Å².